The minimum Gasteiger partial charge on any atom is -0.469 e. The molecular weight excluding hydrogens is 202 g/mol. The summed E-state index contributed by atoms with van der Waals surface area (Å²) in [5.74, 6) is 5.75. The number of carbonyl (C=O) groups is 1. The Morgan fingerprint density at radius 3 is 2.88 bits per heavy atom. The standard InChI is InChI=1S/C13H15NO2/c1-14-9-5-8-11-6-3-4-7-12(11)10-13(15)16-2/h3-4,6-7,14H,9-10H2,1-2H3. The summed E-state index contributed by atoms with van der Waals surface area (Å²) in [4.78, 5) is 11.2. The number of hydrogen-bond donors (Lipinski definition) is 1. The van der Waals surface area contributed by atoms with Gasteiger partial charge in [-0.15, -0.1) is 0 Å². The van der Waals surface area contributed by atoms with Crippen molar-refractivity contribution in [2.45, 2.75) is 6.42 Å². The fourth-order valence-electron chi connectivity index (χ4n) is 1.25. The second-order valence-electron chi connectivity index (χ2n) is 3.24. The average Bonchev–Trinajstić information content (AvgIpc) is 2.31. The van der Waals surface area contributed by atoms with E-state index in [-0.39, 0.29) is 12.4 Å². The van der Waals surface area contributed by atoms with Crippen LogP contribution in [0.4, 0.5) is 0 Å². The predicted octanol–water partition coefficient (Wildman–Crippen LogP) is 0.973. The SMILES string of the molecule is CNCC#Cc1ccccc1CC(=O)OC. The van der Waals surface area contributed by atoms with Crippen molar-refractivity contribution in [2.24, 2.45) is 0 Å². The number of hydrogen-bond acceptors (Lipinski definition) is 3. The van der Waals surface area contributed by atoms with Crippen LogP contribution in [0.1, 0.15) is 11.1 Å². The Balaban J connectivity index is 2.84. The lowest BCUT2D eigenvalue weighted by Gasteiger charge is -2.02. The Morgan fingerprint density at radius 2 is 2.19 bits per heavy atom. The lowest BCUT2D eigenvalue weighted by atomic mass is 10.1. The monoisotopic (exact) mass is 217 g/mol. The van der Waals surface area contributed by atoms with E-state index in [0.29, 0.717) is 6.54 Å². The van der Waals surface area contributed by atoms with Crippen LogP contribution in [0.2, 0.25) is 0 Å². The number of benzene rings is 1. The van der Waals surface area contributed by atoms with E-state index in [0.717, 1.165) is 11.1 Å². The number of carbonyl (C=O) groups excluding carboxylic acids is 1. The van der Waals surface area contributed by atoms with Gasteiger partial charge in [0, 0.05) is 5.56 Å². The molecule has 0 aliphatic rings. The summed E-state index contributed by atoms with van der Waals surface area (Å²) in [5.41, 5.74) is 1.78. The minimum atomic E-state index is -0.247. The topological polar surface area (TPSA) is 38.3 Å². The molecule has 16 heavy (non-hydrogen) atoms. The van der Waals surface area contributed by atoms with Crippen LogP contribution in [0.3, 0.4) is 0 Å². The first-order chi connectivity index (χ1) is 7.77. The van der Waals surface area contributed by atoms with Crippen molar-refractivity contribution in [3.05, 3.63) is 35.4 Å². The molecule has 1 N–H and O–H groups in total. The molecule has 0 saturated heterocycles. The van der Waals surface area contributed by atoms with Crippen LogP contribution in [-0.4, -0.2) is 26.7 Å². The molecule has 1 rings (SSSR count). The molecule has 0 amide bonds. The van der Waals surface area contributed by atoms with Gasteiger partial charge in [-0.3, -0.25) is 4.79 Å². The molecule has 3 nitrogen and oxygen atoms in total. The first kappa shape index (κ1) is 12.3. The fraction of sp³-hybridized carbons (Fsp3) is 0.308. The first-order valence-corrected chi connectivity index (χ1v) is 5.06. The second-order valence-corrected chi connectivity index (χ2v) is 3.24. The van der Waals surface area contributed by atoms with Gasteiger partial charge in [0.25, 0.3) is 0 Å². The zero-order valence-corrected chi connectivity index (χ0v) is 9.54. The molecule has 0 radical (unpaired) electrons. The maximum Gasteiger partial charge on any atom is 0.310 e. The van der Waals surface area contributed by atoms with Gasteiger partial charge in [-0.2, -0.15) is 0 Å². The zero-order chi connectivity index (χ0) is 11.8. The predicted molar refractivity (Wildman–Crippen MR) is 63.0 cm³/mol. The van der Waals surface area contributed by atoms with Gasteiger partial charge in [0.05, 0.1) is 20.1 Å². The molecule has 0 aliphatic carbocycles. The van der Waals surface area contributed by atoms with E-state index in [4.69, 9.17) is 0 Å². The summed E-state index contributed by atoms with van der Waals surface area (Å²) in [6.07, 6.45) is 0.265. The molecule has 0 bridgehead atoms. The molecule has 1 aromatic rings. The second kappa shape index (κ2) is 6.65. The van der Waals surface area contributed by atoms with Gasteiger partial charge < -0.3 is 10.1 Å². The zero-order valence-electron chi connectivity index (χ0n) is 9.54. The highest BCUT2D eigenvalue weighted by Gasteiger charge is 2.05. The molecule has 0 heterocycles. The maximum absolute atomic E-state index is 11.2. The van der Waals surface area contributed by atoms with Gasteiger partial charge in [-0.1, -0.05) is 30.0 Å². The summed E-state index contributed by atoms with van der Waals surface area (Å²) >= 11 is 0. The van der Waals surface area contributed by atoms with E-state index in [9.17, 15) is 4.79 Å². The summed E-state index contributed by atoms with van der Waals surface area (Å²) in [5, 5.41) is 2.94. The Kier molecular flexibility index (Phi) is 5.10. The molecule has 0 saturated carbocycles. The first-order valence-electron chi connectivity index (χ1n) is 5.06. The molecule has 1 aromatic carbocycles. The Hall–Kier alpha value is -1.79. The largest absolute Gasteiger partial charge is 0.469 e. The van der Waals surface area contributed by atoms with Crippen LogP contribution < -0.4 is 5.32 Å². The molecule has 0 aliphatic heterocycles. The van der Waals surface area contributed by atoms with Crippen molar-refractivity contribution in [2.75, 3.05) is 20.7 Å². The molecule has 0 atom stereocenters. The fourth-order valence-corrected chi connectivity index (χ4v) is 1.25. The molecule has 0 aromatic heterocycles. The smallest absolute Gasteiger partial charge is 0.310 e. The minimum absolute atomic E-state index is 0.247. The van der Waals surface area contributed by atoms with Gasteiger partial charge >= 0.3 is 5.97 Å². The third-order valence-corrected chi connectivity index (χ3v) is 2.07. The van der Waals surface area contributed by atoms with Crippen molar-refractivity contribution in [3.63, 3.8) is 0 Å². The summed E-state index contributed by atoms with van der Waals surface area (Å²) in [6.45, 7) is 0.632. The third-order valence-electron chi connectivity index (χ3n) is 2.07. The molecule has 3 heteroatoms. The van der Waals surface area contributed by atoms with Crippen molar-refractivity contribution >= 4 is 5.97 Å². The van der Waals surface area contributed by atoms with E-state index >= 15 is 0 Å². The van der Waals surface area contributed by atoms with Crippen LogP contribution >= 0.6 is 0 Å². The van der Waals surface area contributed by atoms with Crippen LogP contribution in [0.5, 0.6) is 0 Å². The highest BCUT2D eigenvalue weighted by atomic mass is 16.5. The number of ether oxygens (including phenoxy) is 1. The van der Waals surface area contributed by atoms with Crippen molar-refractivity contribution in [1.82, 2.24) is 5.32 Å². The van der Waals surface area contributed by atoms with Gasteiger partial charge in [-0.25, -0.2) is 0 Å². The Morgan fingerprint density at radius 1 is 1.44 bits per heavy atom. The van der Waals surface area contributed by atoms with Crippen LogP contribution in [0.15, 0.2) is 24.3 Å². The normalized spacial score (nSPS) is 9.12. The van der Waals surface area contributed by atoms with Crippen LogP contribution in [-0.2, 0) is 16.0 Å². The maximum atomic E-state index is 11.2. The summed E-state index contributed by atoms with van der Waals surface area (Å²) < 4.78 is 4.64. The molecule has 0 fully saturated rings. The summed E-state index contributed by atoms with van der Waals surface area (Å²) in [7, 11) is 3.23. The highest BCUT2D eigenvalue weighted by molar-refractivity contribution is 5.73. The molecule has 0 spiro atoms. The molecular formula is C13H15NO2. The Bertz CT molecular complexity index is 415. The number of esters is 1. The number of methoxy groups -OCH3 is 1. The average molecular weight is 217 g/mol. The van der Waals surface area contributed by atoms with Crippen molar-refractivity contribution in [1.29, 1.82) is 0 Å². The van der Waals surface area contributed by atoms with Crippen molar-refractivity contribution < 1.29 is 9.53 Å². The summed E-state index contributed by atoms with van der Waals surface area (Å²) in [6, 6.07) is 7.59. The van der Waals surface area contributed by atoms with Crippen molar-refractivity contribution in [3.8, 4) is 11.8 Å². The lowest BCUT2D eigenvalue weighted by Crippen LogP contribution is -2.06. The Labute approximate surface area is 95.8 Å². The number of rotatable bonds is 3. The highest BCUT2D eigenvalue weighted by Crippen LogP contribution is 2.08. The third kappa shape index (κ3) is 3.76. The van der Waals surface area contributed by atoms with Crippen LogP contribution in [0.25, 0.3) is 0 Å². The molecule has 0 unspecified atom stereocenters. The van der Waals surface area contributed by atoms with Gasteiger partial charge in [-0.05, 0) is 18.7 Å². The van der Waals surface area contributed by atoms with E-state index in [2.05, 4.69) is 21.9 Å². The molecule has 84 valence electrons. The van der Waals surface area contributed by atoms with E-state index in [1.807, 2.05) is 31.3 Å². The van der Waals surface area contributed by atoms with Gasteiger partial charge in [0.2, 0.25) is 0 Å². The lowest BCUT2D eigenvalue weighted by molar-refractivity contribution is -0.139. The van der Waals surface area contributed by atoms with E-state index in [1.165, 1.54) is 7.11 Å². The van der Waals surface area contributed by atoms with E-state index < -0.39 is 0 Å². The quantitative estimate of drug-likeness (QED) is 0.605. The van der Waals surface area contributed by atoms with Gasteiger partial charge in [0.15, 0.2) is 0 Å². The van der Waals surface area contributed by atoms with E-state index in [1.54, 1.807) is 0 Å². The number of nitrogens with one attached hydrogen (secondary N) is 1. The van der Waals surface area contributed by atoms with Gasteiger partial charge in [0.1, 0.15) is 0 Å². The van der Waals surface area contributed by atoms with Crippen LogP contribution in [0, 0.1) is 11.8 Å².